The highest BCUT2D eigenvalue weighted by Gasteiger charge is 2.20. The zero-order valence-corrected chi connectivity index (χ0v) is 19.3. The summed E-state index contributed by atoms with van der Waals surface area (Å²) in [7, 11) is 3.03. The number of rotatable bonds is 5. The van der Waals surface area contributed by atoms with Crippen LogP contribution in [0.4, 0.5) is 5.95 Å². The Morgan fingerprint density at radius 1 is 0.970 bits per heavy atom. The molecule has 5 rings (SSSR count). The van der Waals surface area contributed by atoms with Gasteiger partial charge in [-0.05, 0) is 35.4 Å². The first kappa shape index (κ1) is 21.4. The molecule has 4 aromatic rings. The molecule has 2 aromatic carbocycles. The van der Waals surface area contributed by atoms with Gasteiger partial charge in [-0.1, -0.05) is 35.3 Å². The van der Waals surface area contributed by atoms with Crippen LogP contribution in [0.25, 0.3) is 11.2 Å². The second kappa shape index (κ2) is 8.17. The number of anilines is 1. The molecule has 0 amide bonds. The minimum absolute atomic E-state index is 0.197. The molecule has 0 fully saturated rings. The van der Waals surface area contributed by atoms with E-state index in [0.29, 0.717) is 46.1 Å². The van der Waals surface area contributed by atoms with E-state index in [0.717, 1.165) is 15.7 Å². The van der Waals surface area contributed by atoms with Crippen LogP contribution in [0.2, 0.25) is 10.0 Å². The summed E-state index contributed by atoms with van der Waals surface area (Å²) in [5, 5.41) is 4.13. The fourth-order valence-electron chi connectivity index (χ4n) is 3.79. The van der Waals surface area contributed by atoms with Crippen molar-refractivity contribution >= 4 is 40.3 Å². The SMILES string of the molecule is Cn1c(=O)c2c(nc(NCc3ccc4c(c3)OCO4)n2Cc2ccc(Cl)c(Cl)c2)n(C)c1=O. The summed E-state index contributed by atoms with van der Waals surface area (Å²) in [5.74, 6) is 1.81. The molecular weight excluding hydrogens is 469 g/mol. The molecule has 170 valence electrons. The number of aromatic nitrogens is 4. The minimum Gasteiger partial charge on any atom is -0.454 e. The monoisotopic (exact) mass is 487 g/mol. The molecule has 0 bridgehead atoms. The van der Waals surface area contributed by atoms with Crippen molar-refractivity contribution in [2.24, 2.45) is 14.1 Å². The van der Waals surface area contributed by atoms with Gasteiger partial charge in [-0.3, -0.25) is 18.5 Å². The van der Waals surface area contributed by atoms with E-state index in [2.05, 4.69) is 10.3 Å². The van der Waals surface area contributed by atoms with E-state index >= 15 is 0 Å². The maximum absolute atomic E-state index is 13.0. The van der Waals surface area contributed by atoms with Gasteiger partial charge in [0, 0.05) is 20.6 Å². The first-order chi connectivity index (χ1) is 15.8. The Bertz CT molecular complexity index is 1520. The van der Waals surface area contributed by atoms with E-state index < -0.39 is 11.2 Å². The second-order valence-corrected chi connectivity index (χ2v) is 8.50. The lowest BCUT2D eigenvalue weighted by Gasteiger charge is -2.12. The standard InChI is InChI=1S/C22H19Cl2N5O4/c1-27-19-18(20(30)28(2)22(27)31)29(10-13-3-5-14(23)15(24)7-13)21(26-19)25-9-12-4-6-16-17(8-12)33-11-32-16/h3-8H,9-11H2,1-2H3,(H,25,26). The molecule has 9 nitrogen and oxygen atoms in total. The van der Waals surface area contributed by atoms with Crippen molar-refractivity contribution in [3.05, 3.63) is 78.4 Å². The molecule has 11 heteroatoms. The average Bonchev–Trinajstić information content (AvgIpc) is 3.41. The Morgan fingerprint density at radius 2 is 1.73 bits per heavy atom. The van der Waals surface area contributed by atoms with Crippen molar-refractivity contribution in [2.75, 3.05) is 12.1 Å². The van der Waals surface area contributed by atoms with Gasteiger partial charge in [-0.15, -0.1) is 0 Å². The highest BCUT2D eigenvalue weighted by Crippen LogP contribution is 2.33. The lowest BCUT2D eigenvalue weighted by Crippen LogP contribution is -2.37. The number of fused-ring (bicyclic) bond motifs is 2. The lowest BCUT2D eigenvalue weighted by molar-refractivity contribution is 0.174. The predicted molar refractivity (Wildman–Crippen MR) is 126 cm³/mol. The number of nitrogens with one attached hydrogen (secondary N) is 1. The third kappa shape index (κ3) is 3.73. The van der Waals surface area contributed by atoms with E-state index in [1.54, 1.807) is 23.7 Å². The number of aryl methyl sites for hydroxylation is 1. The van der Waals surface area contributed by atoms with Gasteiger partial charge < -0.3 is 14.8 Å². The Morgan fingerprint density at radius 3 is 2.52 bits per heavy atom. The van der Waals surface area contributed by atoms with Crippen LogP contribution in [0, 0.1) is 0 Å². The minimum atomic E-state index is -0.450. The molecule has 0 aliphatic carbocycles. The number of benzene rings is 2. The van der Waals surface area contributed by atoms with Gasteiger partial charge in [0.25, 0.3) is 5.56 Å². The summed E-state index contributed by atoms with van der Waals surface area (Å²) in [4.78, 5) is 30.1. The number of nitrogens with zero attached hydrogens (tertiary/aromatic N) is 4. The Balaban J connectivity index is 1.59. The van der Waals surface area contributed by atoms with Crippen LogP contribution in [-0.4, -0.2) is 25.5 Å². The van der Waals surface area contributed by atoms with Crippen molar-refractivity contribution in [2.45, 2.75) is 13.1 Å². The fraction of sp³-hybridized carbons (Fsp3) is 0.227. The van der Waals surface area contributed by atoms with Gasteiger partial charge >= 0.3 is 5.69 Å². The summed E-state index contributed by atoms with van der Waals surface area (Å²) >= 11 is 12.3. The highest BCUT2D eigenvalue weighted by atomic mass is 35.5. The zero-order chi connectivity index (χ0) is 23.3. The smallest absolute Gasteiger partial charge is 0.332 e. The van der Waals surface area contributed by atoms with Crippen LogP contribution in [0.15, 0.2) is 46.0 Å². The van der Waals surface area contributed by atoms with Crippen LogP contribution in [0.3, 0.4) is 0 Å². The molecule has 0 saturated heterocycles. The van der Waals surface area contributed by atoms with E-state index in [-0.39, 0.29) is 12.4 Å². The third-order valence-electron chi connectivity index (χ3n) is 5.56. The van der Waals surface area contributed by atoms with Gasteiger partial charge in [0.15, 0.2) is 22.7 Å². The summed E-state index contributed by atoms with van der Waals surface area (Å²) in [5.41, 5.74) is 1.47. The summed E-state index contributed by atoms with van der Waals surface area (Å²) in [6.07, 6.45) is 0. The molecule has 2 aromatic heterocycles. The van der Waals surface area contributed by atoms with Gasteiger partial charge in [-0.25, -0.2) is 4.79 Å². The van der Waals surface area contributed by atoms with E-state index in [9.17, 15) is 9.59 Å². The summed E-state index contributed by atoms with van der Waals surface area (Å²) in [6.45, 7) is 0.906. The molecular formula is C22H19Cl2N5O4. The molecule has 3 heterocycles. The molecule has 33 heavy (non-hydrogen) atoms. The first-order valence-corrected chi connectivity index (χ1v) is 10.8. The van der Waals surface area contributed by atoms with Crippen LogP contribution < -0.4 is 26.0 Å². The molecule has 1 aliphatic rings. The second-order valence-electron chi connectivity index (χ2n) is 7.69. The fourth-order valence-corrected chi connectivity index (χ4v) is 4.11. The highest BCUT2D eigenvalue weighted by molar-refractivity contribution is 6.42. The molecule has 0 radical (unpaired) electrons. The van der Waals surface area contributed by atoms with Crippen molar-refractivity contribution in [3.8, 4) is 11.5 Å². The predicted octanol–water partition coefficient (Wildman–Crippen LogP) is 3.13. The summed E-state index contributed by atoms with van der Waals surface area (Å²) in [6, 6.07) is 10.9. The van der Waals surface area contributed by atoms with Crippen LogP contribution in [0.1, 0.15) is 11.1 Å². The van der Waals surface area contributed by atoms with Crippen molar-refractivity contribution < 1.29 is 9.47 Å². The van der Waals surface area contributed by atoms with Crippen molar-refractivity contribution in [3.63, 3.8) is 0 Å². The maximum atomic E-state index is 13.0. The number of imidazole rings is 1. The topological polar surface area (TPSA) is 92.3 Å². The number of halogens is 2. The molecule has 1 N–H and O–H groups in total. The number of hydrogen-bond acceptors (Lipinski definition) is 6. The molecule has 0 saturated carbocycles. The average molecular weight is 488 g/mol. The van der Waals surface area contributed by atoms with Crippen LogP contribution in [-0.2, 0) is 27.2 Å². The zero-order valence-electron chi connectivity index (χ0n) is 17.8. The quantitative estimate of drug-likeness (QED) is 0.464. The maximum Gasteiger partial charge on any atom is 0.332 e. The molecule has 0 atom stereocenters. The van der Waals surface area contributed by atoms with E-state index in [1.165, 1.54) is 11.6 Å². The molecule has 0 unspecified atom stereocenters. The van der Waals surface area contributed by atoms with Gasteiger partial charge in [0.1, 0.15) is 0 Å². The van der Waals surface area contributed by atoms with E-state index in [4.69, 9.17) is 32.7 Å². The van der Waals surface area contributed by atoms with Gasteiger partial charge in [0.2, 0.25) is 12.7 Å². The van der Waals surface area contributed by atoms with Crippen LogP contribution in [0.5, 0.6) is 11.5 Å². The molecule has 0 spiro atoms. The van der Waals surface area contributed by atoms with Crippen LogP contribution >= 0.6 is 23.2 Å². The number of ether oxygens (including phenoxy) is 2. The normalized spacial score (nSPS) is 12.5. The van der Waals surface area contributed by atoms with E-state index in [1.807, 2.05) is 24.3 Å². The Kier molecular flexibility index (Phi) is 5.30. The third-order valence-corrected chi connectivity index (χ3v) is 6.30. The first-order valence-electron chi connectivity index (χ1n) is 10.1. The van der Waals surface area contributed by atoms with Gasteiger partial charge in [-0.2, -0.15) is 4.98 Å². The van der Waals surface area contributed by atoms with Crippen molar-refractivity contribution in [1.29, 1.82) is 0 Å². The largest absolute Gasteiger partial charge is 0.454 e. The summed E-state index contributed by atoms with van der Waals surface area (Å²) < 4.78 is 15.0. The lowest BCUT2D eigenvalue weighted by atomic mass is 10.2. The molecule has 1 aliphatic heterocycles. The van der Waals surface area contributed by atoms with Crippen molar-refractivity contribution in [1.82, 2.24) is 18.7 Å². The number of hydrogen-bond donors (Lipinski definition) is 1. The Hall–Kier alpha value is -3.43. The Labute approximate surface area is 197 Å². The van der Waals surface area contributed by atoms with Gasteiger partial charge in [0.05, 0.1) is 16.6 Å².